The second kappa shape index (κ2) is 6.22. The minimum atomic E-state index is -1.12. The summed E-state index contributed by atoms with van der Waals surface area (Å²) in [5.41, 5.74) is 0.950. The van der Waals surface area contributed by atoms with Crippen LogP contribution in [-0.4, -0.2) is 31.1 Å². The zero-order valence-electron chi connectivity index (χ0n) is 11.5. The first-order chi connectivity index (χ1) is 8.97. The third kappa shape index (κ3) is 2.86. The van der Waals surface area contributed by atoms with Crippen LogP contribution in [0.1, 0.15) is 29.3 Å². The van der Waals surface area contributed by atoms with Crippen molar-refractivity contribution < 1.29 is 24.2 Å². The topological polar surface area (TPSA) is 72.8 Å². The number of carboxylic acid groups (broad SMARTS) is 1. The van der Waals surface area contributed by atoms with E-state index in [0.717, 1.165) is 0 Å². The molecular formula is C14H18O5. The van der Waals surface area contributed by atoms with Gasteiger partial charge in [-0.1, -0.05) is 6.92 Å². The standard InChI is InChI=1S/C14H18O5/c1-5-9(14(16)17)12(15)10-6-7-11(18-3)8(2)13(10)19-4/h6-7,9H,5H2,1-4H3,(H,16,17). The molecule has 0 fully saturated rings. The van der Waals surface area contributed by atoms with Gasteiger partial charge in [0.1, 0.15) is 17.4 Å². The predicted molar refractivity (Wildman–Crippen MR) is 70.0 cm³/mol. The van der Waals surface area contributed by atoms with Crippen molar-refractivity contribution in [2.75, 3.05) is 14.2 Å². The molecule has 1 aromatic rings. The van der Waals surface area contributed by atoms with Gasteiger partial charge < -0.3 is 14.6 Å². The number of methoxy groups -OCH3 is 2. The molecule has 0 aromatic heterocycles. The number of hydrogen-bond acceptors (Lipinski definition) is 4. The molecule has 0 aliphatic rings. The number of ether oxygens (including phenoxy) is 2. The molecule has 0 spiro atoms. The summed E-state index contributed by atoms with van der Waals surface area (Å²) < 4.78 is 10.4. The Hall–Kier alpha value is -2.04. The number of carbonyl (C=O) groups is 2. The van der Waals surface area contributed by atoms with Gasteiger partial charge >= 0.3 is 5.97 Å². The quantitative estimate of drug-likeness (QED) is 0.631. The SMILES string of the molecule is CCC(C(=O)O)C(=O)c1ccc(OC)c(C)c1OC. The zero-order chi connectivity index (χ0) is 14.6. The van der Waals surface area contributed by atoms with E-state index in [1.54, 1.807) is 26.0 Å². The minimum absolute atomic E-state index is 0.238. The van der Waals surface area contributed by atoms with Gasteiger partial charge in [-0.05, 0) is 25.5 Å². The Morgan fingerprint density at radius 2 is 1.89 bits per heavy atom. The fourth-order valence-corrected chi connectivity index (χ4v) is 2.01. The van der Waals surface area contributed by atoms with Crippen LogP contribution in [0.3, 0.4) is 0 Å². The highest BCUT2D eigenvalue weighted by molar-refractivity contribution is 6.10. The highest BCUT2D eigenvalue weighted by atomic mass is 16.5. The molecule has 19 heavy (non-hydrogen) atoms. The average molecular weight is 266 g/mol. The predicted octanol–water partition coefficient (Wildman–Crippen LogP) is 2.31. The second-order valence-corrected chi connectivity index (χ2v) is 4.14. The number of benzene rings is 1. The normalized spacial score (nSPS) is 11.8. The van der Waals surface area contributed by atoms with Gasteiger partial charge in [0, 0.05) is 5.56 Å². The van der Waals surface area contributed by atoms with Crippen LogP contribution in [0.4, 0.5) is 0 Å². The molecule has 0 saturated heterocycles. The molecule has 1 aromatic carbocycles. The Bertz CT molecular complexity index is 493. The van der Waals surface area contributed by atoms with E-state index in [1.807, 2.05) is 0 Å². The fourth-order valence-electron chi connectivity index (χ4n) is 2.01. The monoisotopic (exact) mass is 266 g/mol. The second-order valence-electron chi connectivity index (χ2n) is 4.14. The maximum Gasteiger partial charge on any atom is 0.314 e. The molecule has 0 bridgehead atoms. The zero-order valence-corrected chi connectivity index (χ0v) is 11.5. The molecule has 0 aliphatic heterocycles. The molecule has 0 saturated carbocycles. The number of hydrogen-bond donors (Lipinski definition) is 1. The average Bonchev–Trinajstić information content (AvgIpc) is 2.38. The molecule has 5 nitrogen and oxygen atoms in total. The Balaban J connectivity index is 3.31. The van der Waals surface area contributed by atoms with Crippen LogP contribution in [0.15, 0.2) is 12.1 Å². The Morgan fingerprint density at radius 3 is 2.32 bits per heavy atom. The maximum absolute atomic E-state index is 12.2. The van der Waals surface area contributed by atoms with E-state index in [4.69, 9.17) is 14.6 Å². The van der Waals surface area contributed by atoms with E-state index in [2.05, 4.69) is 0 Å². The van der Waals surface area contributed by atoms with Crippen LogP contribution in [0.2, 0.25) is 0 Å². The van der Waals surface area contributed by atoms with Gasteiger partial charge in [-0.15, -0.1) is 0 Å². The molecule has 1 unspecified atom stereocenters. The number of rotatable bonds is 6. The summed E-state index contributed by atoms with van der Waals surface area (Å²) in [5.74, 6) is -1.66. The molecule has 0 heterocycles. The lowest BCUT2D eigenvalue weighted by atomic mass is 9.93. The first-order valence-corrected chi connectivity index (χ1v) is 5.96. The maximum atomic E-state index is 12.2. The van der Waals surface area contributed by atoms with Crippen molar-refractivity contribution in [1.82, 2.24) is 0 Å². The van der Waals surface area contributed by atoms with E-state index in [1.165, 1.54) is 14.2 Å². The van der Waals surface area contributed by atoms with Gasteiger partial charge in [-0.2, -0.15) is 0 Å². The van der Waals surface area contributed by atoms with Crippen LogP contribution in [0, 0.1) is 12.8 Å². The minimum Gasteiger partial charge on any atom is -0.496 e. The van der Waals surface area contributed by atoms with Crippen molar-refractivity contribution in [1.29, 1.82) is 0 Å². The highest BCUT2D eigenvalue weighted by Gasteiger charge is 2.28. The van der Waals surface area contributed by atoms with E-state index in [9.17, 15) is 9.59 Å². The van der Waals surface area contributed by atoms with Crippen molar-refractivity contribution in [3.63, 3.8) is 0 Å². The lowest BCUT2D eigenvalue weighted by molar-refractivity contribution is -0.140. The molecule has 1 atom stereocenters. The molecule has 5 heteroatoms. The van der Waals surface area contributed by atoms with E-state index < -0.39 is 17.7 Å². The van der Waals surface area contributed by atoms with E-state index in [0.29, 0.717) is 17.1 Å². The summed E-state index contributed by atoms with van der Waals surface area (Å²) >= 11 is 0. The number of Topliss-reactive ketones (excluding diaryl/α,β-unsaturated/α-hetero) is 1. The largest absolute Gasteiger partial charge is 0.496 e. The molecular weight excluding hydrogens is 248 g/mol. The number of aliphatic carboxylic acids is 1. The van der Waals surface area contributed by atoms with Crippen LogP contribution in [0.5, 0.6) is 11.5 Å². The number of carbonyl (C=O) groups excluding carboxylic acids is 1. The smallest absolute Gasteiger partial charge is 0.314 e. The highest BCUT2D eigenvalue weighted by Crippen LogP contribution is 2.33. The van der Waals surface area contributed by atoms with Crippen molar-refractivity contribution in [2.45, 2.75) is 20.3 Å². The summed E-state index contributed by atoms with van der Waals surface area (Å²) in [4.78, 5) is 23.3. The first-order valence-electron chi connectivity index (χ1n) is 5.96. The molecule has 1 N–H and O–H groups in total. The summed E-state index contributed by atoms with van der Waals surface area (Å²) in [7, 11) is 2.97. The lowest BCUT2D eigenvalue weighted by Crippen LogP contribution is -2.23. The Morgan fingerprint density at radius 1 is 1.26 bits per heavy atom. The fraction of sp³-hybridized carbons (Fsp3) is 0.429. The third-order valence-electron chi connectivity index (χ3n) is 3.07. The third-order valence-corrected chi connectivity index (χ3v) is 3.07. The number of ketones is 1. The molecule has 0 radical (unpaired) electrons. The number of carboxylic acids is 1. The van der Waals surface area contributed by atoms with Gasteiger partial charge in [0.05, 0.1) is 19.8 Å². The Kier molecular flexibility index (Phi) is 4.92. The van der Waals surface area contributed by atoms with Gasteiger partial charge in [0.2, 0.25) is 0 Å². The summed E-state index contributed by atoms with van der Waals surface area (Å²) in [6, 6.07) is 3.18. The summed E-state index contributed by atoms with van der Waals surface area (Å²) in [5, 5.41) is 9.05. The lowest BCUT2D eigenvalue weighted by Gasteiger charge is -2.16. The molecule has 1 rings (SSSR count). The molecule has 0 amide bonds. The van der Waals surface area contributed by atoms with Crippen LogP contribution in [-0.2, 0) is 4.79 Å². The van der Waals surface area contributed by atoms with Crippen molar-refractivity contribution >= 4 is 11.8 Å². The van der Waals surface area contributed by atoms with Crippen LogP contribution in [0.25, 0.3) is 0 Å². The van der Waals surface area contributed by atoms with Crippen LogP contribution < -0.4 is 9.47 Å². The van der Waals surface area contributed by atoms with Crippen molar-refractivity contribution in [2.24, 2.45) is 5.92 Å². The summed E-state index contributed by atoms with van der Waals surface area (Å²) in [6.07, 6.45) is 0.238. The van der Waals surface area contributed by atoms with Crippen LogP contribution >= 0.6 is 0 Å². The summed E-state index contributed by atoms with van der Waals surface area (Å²) in [6.45, 7) is 3.43. The van der Waals surface area contributed by atoms with Crippen molar-refractivity contribution in [3.8, 4) is 11.5 Å². The van der Waals surface area contributed by atoms with Gasteiger partial charge in [0.25, 0.3) is 0 Å². The van der Waals surface area contributed by atoms with Gasteiger partial charge in [-0.25, -0.2) is 0 Å². The molecule has 104 valence electrons. The Labute approximate surface area is 112 Å². The van der Waals surface area contributed by atoms with Crippen molar-refractivity contribution in [3.05, 3.63) is 23.3 Å². The first kappa shape index (κ1) is 15.0. The van der Waals surface area contributed by atoms with Gasteiger partial charge in [0.15, 0.2) is 5.78 Å². The van der Waals surface area contributed by atoms with E-state index >= 15 is 0 Å². The molecule has 0 aliphatic carbocycles. The van der Waals surface area contributed by atoms with Gasteiger partial charge in [-0.3, -0.25) is 9.59 Å². The van der Waals surface area contributed by atoms with E-state index in [-0.39, 0.29) is 12.0 Å².